The molecule has 3 aliphatic heterocycles. The fourth-order valence-electron chi connectivity index (χ4n) is 6.34. The quantitative estimate of drug-likeness (QED) is 0.567. The van der Waals surface area contributed by atoms with Crippen molar-refractivity contribution in [2.75, 3.05) is 50.7 Å². The van der Waals surface area contributed by atoms with Crippen LogP contribution in [0.5, 0.6) is 0 Å². The normalized spacial score (nSPS) is 23.8. The van der Waals surface area contributed by atoms with E-state index in [1.807, 2.05) is 24.1 Å². The SMILES string of the molecule is C[C@@H]1CN(CC(=O)N2CC(C)(C)c3ncc(Cc4ccc(F)cc4)cc32)[C@@H](CN2CCC(O)CC2)CN1C(=O)O. The van der Waals surface area contributed by atoms with Gasteiger partial charge in [-0.3, -0.25) is 14.7 Å². The summed E-state index contributed by atoms with van der Waals surface area (Å²) >= 11 is 0. The molecule has 1 aromatic carbocycles. The molecule has 0 bridgehead atoms. The van der Waals surface area contributed by atoms with Gasteiger partial charge in [-0.05, 0) is 55.5 Å². The summed E-state index contributed by atoms with van der Waals surface area (Å²) in [4.78, 5) is 38.3. The second-order valence-corrected chi connectivity index (χ2v) is 12.3. The Bertz CT molecular complexity index is 1230. The molecule has 1 aromatic heterocycles. The van der Waals surface area contributed by atoms with Crippen LogP contribution < -0.4 is 4.90 Å². The van der Waals surface area contributed by atoms with E-state index in [0.29, 0.717) is 45.4 Å². The van der Waals surface area contributed by atoms with Crippen LogP contribution in [0.4, 0.5) is 14.9 Å². The number of carbonyl (C=O) groups excluding carboxylic acids is 1. The first-order valence-corrected chi connectivity index (χ1v) is 14.2. The van der Waals surface area contributed by atoms with Crippen LogP contribution in [0.2, 0.25) is 0 Å². The Hall–Kier alpha value is -3.08. The largest absolute Gasteiger partial charge is 0.465 e. The van der Waals surface area contributed by atoms with Gasteiger partial charge in [-0.1, -0.05) is 26.0 Å². The lowest BCUT2D eigenvalue weighted by Crippen LogP contribution is -2.63. The second kappa shape index (κ2) is 11.4. The average molecular weight is 554 g/mol. The highest BCUT2D eigenvalue weighted by Crippen LogP contribution is 2.40. The standard InChI is InChI=1S/C30H40FN5O4/c1-20-15-34(24(17-35(20)29(39)40)16-33-10-8-25(37)9-11-33)18-27(38)36-19-30(2,3)28-26(36)13-22(14-32-28)12-21-4-6-23(31)7-5-21/h4-7,13-14,20,24-25,37H,8-12,15-19H2,1-3H3,(H,39,40)/t20-,24+/m1/s1. The number of amides is 2. The van der Waals surface area contributed by atoms with Crippen molar-refractivity contribution in [3.8, 4) is 0 Å². The number of aliphatic hydroxyl groups is 1. The fourth-order valence-corrected chi connectivity index (χ4v) is 6.34. The zero-order chi connectivity index (χ0) is 28.6. The molecule has 0 aliphatic carbocycles. The lowest BCUT2D eigenvalue weighted by molar-refractivity contribution is -0.121. The lowest BCUT2D eigenvalue weighted by atomic mass is 9.91. The summed E-state index contributed by atoms with van der Waals surface area (Å²) in [5, 5.41) is 19.7. The lowest BCUT2D eigenvalue weighted by Gasteiger charge is -2.46. The third-order valence-corrected chi connectivity index (χ3v) is 8.60. The van der Waals surface area contributed by atoms with E-state index in [0.717, 1.165) is 35.6 Å². The fraction of sp³-hybridized carbons (Fsp3) is 0.567. The topological polar surface area (TPSA) is 100 Å². The van der Waals surface area contributed by atoms with E-state index in [1.54, 1.807) is 12.1 Å². The molecule has 0 saturated carbocycles. The zero-order valence-electron chi connectivity index (χ0n) is 23.6. The average Bonchev–Trinajstić information content (AvgIpc) is 3.18. The smallest absolute Gasteiger partial charge is 0.407 e. The Balaban J connectivity index is 1.34. The van der Waals surface area contributed by atoms with E-state index in [2.05, 4.69) is 23.6 Å². The van der Waals surface area contributed by atoms with E-state index in [9.17, 15) is 24.2 Å². The van der Waals surface area contributed by atoms with Crippen LogP contribution in [0, 0.1) is 5.82 Å². The van der Waals surface area contributed by atoms with Gasteiger partial charge < -0.3 is 24.9 Å². The molecule has 5 rings (SSSR count). The first-order valence-electron chi connectivity index (χ1n) is 14.2. The van der Waals surface area contributed by atoms with Crippen molar-refractivity contribution in [2.24, 2.45) is 0 Å². The molecule has 0 radical (unpaired) electrons. The number of piperidine rings is 1. The molecular weight excluding hydrogens is 513 g/mol. The van der Waals surface area contributed by atoms with Crippen molar-refractivity contribution in [1.29, 1.82) is 0 Å². The summed E-state index contributed by atoms with van der Waals surface area (Å²) < 4.78 is 13.4. The number of piperazine rings is 1. The molecule has 4 heterocycles. The molecule has 2 fully saturated rings. The Morgan fingerprint density at radius 3 is 2.48 bits per heavy atom. The van der Waals surface area contributed by atoms with Gasteiger partial charge in [0.2, 0.25) is 5.91 Å². The summed E-state index contributed by atoms with van der Waals surface area (Å²) in [7, 11) is 0. The number of likely N-dealkylation sites (tertiary alicyclic amines) is 1. The molecule has 2 N–H and O–H groups in total. The van der Waals surface area contributed by atoms with Gasteiger partial charge in [-0.25, -0.2) is 9.18 Å². The van der Waals surface area contributed by atoms with Crippen molar-refractivity contribution in [3.05, 3.63) is 59.2 Å². The van der Waals surface area contributed by atoms with Gasteiger partial charge in [0.25, 0.3) is 0 Å². The van der Waals surface area contributed by atoms with Gasteiger partial charge in [-0.2, -0.15) is 0 Å². The van der Waals surface area contributed by atoms with Crippen LogP contribution in [0.25, 0.3) is 0 Å². The summed E-state index contributed by atoms with van der Waals surface area (Å²) in [6.07, 6.45) is 2.62. The van der Waals surface area contributed by atoms with Crippen LogP contribution in [0.3, 0.4) is 0 Å². The summed E-state index contributed by atoms with van der Waals surface area (Å²) in [6.45, 7) is 9.78. The minimum absolute atomic E-state index is 0.0254. The number of benzene rings is 1. The molecule has 2 saturated heterocycles. The number of pyridine rings is 1. The van der Waals surface area contributed by atoms with Crippen molar-refractivity contribution in [1.82, 2.24) is 19.7 Å². The molecule has 3 aliphatic rings. The van der Waals surface area contributed by atoms with Crippen molar-refractivity contribution in [3.63, 3.8) is 0 Å². The maximum absolute atomic E-state index is 13.9. The van der Waals surface area contributed by atoms with Gasteiger partial charge in [0.15, 0.2) is 0 Å². The number of aliphatic hydroxyl groups excluding tert-OH is 1. The van der Waals surface area contributed by atoms with Crippen molar-refractivity contribution in [2.45, 2.75) is 63.6 Å². The third kappa shape index (κ3) is 6.14. The van der Waals surface area contributed by atoms with Gasteiger partial charge in [0.05, 0.1) is 24.0 Å². The number of carbonyl (C=O) groups is 2. The van der Waals surface area contributed by atoms with Gasteiger partial charge >= 0.3 is 6.09 Å². The Morgan fingerprint density at radius 1 is 1.10 bits per heavy atom. The van der Waals surface area contributed by atoms with E-state index in [4.69, 9.17) is 4.98 Å². The first-order chi connectivity index (χ1) is 19.0. The predicted molar refractivity (Wildman–Crippen MR) is 150 cm³/mol. The number of aromatic nitrogens is 1. The molecule has 0 unspecified atom stereocenters. The maximum atomic E-state index is 13.9. The summed E-state index contributed by atoms with van der Waals surface area (Å²) in [5.74, 6) is -0.299. The Kier molecular flexibility index (Phi) is 8.13. The summed E-state index contributed by atoms with van der Waals surface area (Å²) in [6, 6.07) is 8.10. The molecule has 0 spiro atoms. The number of hydrogen-bond donors (Lipinski definition) is 2. The highest BCUT2D eigenvalue weighted by atomic mass is 19.1. The Morgan fingerprint density at radius 2 is 1.80 bits per heavy atom. The number of rotatable bonds is 6. The molecule has 2 aromatic rings. The maximum Gasteiger partial charge on any atom is 0.407 e. The molecule has 9 nitrogen and oxygen atoms in total. The number of hydrogen-bond acceptors (Lipinski definition) is 6. The van der Waals surface area contributed by atoms with E-state index in [-0.39, 0.29) is 41.9 Å². The van der Waals surface area contributed by atoms with Gasteiger partial charge in [0.1, 0.15) is 5.82 Å². The third-order valence-electron chi connectivity index (χ3n) is 8.60. The van der Waals surface area contributed by atoms with Crippen LogP contribution in [-0.2, 0) is 16.6 Å². The minimum atomic E-state index is -0.937. The van der Waals surface area contributed by atoms with Gasteiger partial charge in [0, 0.05) is 63.0 Å². The first kappa shape index (κ1) is 28.4. The number of carboxylic acid groups (broad SMARTS) is 1. The second-order valence-electron chi connectivity index (χ2n) is 12.3. The molecule has 2 amide bonds. The van der Waals surface area contributed by atoms with Crippen LogP contribution in [0.1, 0.15) is 50.4 Å². The van der Waals surface area contributed by atoms with E-state index < -0.39 is 6.09 Å². The highest BCUT2D eigenvalue weighted by Gasteiger charge is 2.42. The molecule has 10 heteroatoms. The molecular formula is C30H40FN5O4. The van der Waals surface area contributed by atoms with Crippen molar-refractivity contribution >= 4 is 17.7 Å². The molecule has 40 heavy (non-hydrogen) atoms. The minimum Gasteiger partial charge on any atom is -0.465 e. The number of anilines is 1. The summed E-state index contributed by atoms with van der Waals surface area (Å²) in [5.41, 5.74) is 3.32. The zero-order valence-corrected chi connectivity index (χ0v) is 23.6. The predicted octanol–water partition coefficient (Wildman–Crippen LogP) is 2.95. The number of nitrogens with zero attached hydrogens (tertiary/aromatic N) is 5. The molecule has 216 valence electrons. The molecule has 2 atom stereocenters. The van der Waals surface area contributed by atoms with Gasteiger partial charge in [-0.15, -0.1) is 0 Å². The van der Waals surface area contributed by atoms with Crippen LogP contribution in [0.15, 0.2) is 36.5 Å². The highest BCUT2D eigenvalue weighted by molar-refractivity contribution is 5.97. The van der Waals surface area contributed by atoms with Crippen LogP contribution in [-0.4, -0.2) is 106 Å². The number of fused-ring (bicyclic) bond motifs is 1. The van der Waals surface area contributed by atoms with Crippen molar-refractivity contribution < 1.29 is 24.2 Å². The monoisotopic (exact) mass is 553 g/mol. The van der Waals surface area contributed by atoms with Crippen LogP contribution >= 0.6 is 0 Å². The number of halogens is 1. The van der Waals surface area contributed by atoms with E-state index in [1.165, 1.54) is 17.0 Å². The van der Waals surface area contributed by atoms with E-state index >= 15 is 0 Å². The Labute approximate surface area is 235 Å².